The quantitative estimate of drug-likeness (QED) is 0.570. The van der Waals surface area contributed by atoms with Gasteiger partial charge in [-0.15, -0.1) is 11.3 Å². The lowest BCUT2D eigenvalue weighted by Crippen LogP contribution is -2.19. The highest BCUT2D eigenvalue weighted by Gasteiger charge is 2.07. The summed E-state index contributed by atoms with van der Waals surface area (Å²) < 4.78 is 11.1. The molecular weight excluding hydrogens is 246 g/mol. The van der Waals surface area contributed by atoms with Gasteiger partial charge >= 0.3 is 0 Å². The van der Waals surface area contributed by atoms with Crippen molar-refractivity contribution >= 4 is 23.1 Å². The van der Waals surface area contributed by atoms with E-state index in [1.54, 1.807) is 30.2 Å². The summed E-state index contributed by atoms with van der Waals surface area (Å²) in [5, 5.41) is 11.6. The maximum absolute atomic E-state index is 9.61. The van der Waals surface area contributed by atoms with Crippen molar-refractivity contribution in [3.8, 4) is 0 Å². The van der Waals surface area contributed by atoms with Crippen molar-refractivity contribution in [3.63, 3.8) is 0 Å². The van der Waals surface area contributed by atoms with Gasteiger partial charge in [0.05, 0.1) is 25.9 Å². The standard InChI is InChI=1S/C10H17NO3S2/c1-8-6-15-10(11-8)16-7-9(12)5-14-4-3-13-2/h6,9,12H,3-5,7H2,1-2H3. The van der Waals surface area contributed by atoms with Crippen LogP contribution in [-0.2, 0) is 9.47 Å². The van der Waals surface area contributed by atoms with Crippen LogP contribution >= 0.6 is 23.1 Å². The van der Waals surface area contributed by atoms with Crippen molar-refractivity contribution in [2.75, 3.05) is 32.7 Å². The fourth-order valence-corrected chi connectivity index (χ4v) is 2.76. The number of methoxy groups -OCH3 is 1. The molecule has 0 spiro atoms. The molecule has 6 heteroatoms. The molecule has 1 unspecified atom stereocenters. The Morgan fingerprint density at radius 2 is 2.38 bits per heavy atom. The van der Waals surface area contributed by atoms with Gasteiger partial charge in [-0.3, -0.25) is 0 Å². The zero-order chi connectivity index (χ0) is 11.8. The number of rotatable bonds is 8. The van der Waals surface area contributed by atoms with Gasteiger partial charge in [0.25, 0.3) is 0 Å². The molecule has 16 heavy (non-hydrogen) atoms. The van der Waals surface area contributed by atoms with Gasteiger partial charge in [-0.05, 0) is 6.92 Å². The van der Waals surface area contributed by atoms with E-state index in [2.05, 4.69) is 4.98 Å². The van der Waals surface area contributed by atoms with Crippen molar-refractivity contribution < 1.29 is 14.6 Å². The lowest BCUT2D eigenvalue weighted by Gasteiger charge is -2.09. The number of aliphatic hydroxyl groups excluding tert-OH is 1. The van der Waals surface area contributed by atoms with Gasteiger partial charge in [0.2, 0.25) is 0 Å². The molecule has 1 N–H and O–H groups in total. The van der Waals surface area contributed by atoms with Crippen molar-refractivity contribution in [1.82, 2.24) is 4.98 Å². The van der Waals surface area contributed by atoms with Crippen LogP contribution in [-0.4, -0.2) is 48.9 Å². The number of ether oxygens (including phenoxy) is 2. The van der Waals surface area contributed by atoms with Crippen LogP contribution in [0.4, 0.5) is 0 Å². The minimum Gasteiger partial charge on any atom is -0.390 e. The largest absolute Gasteiger partial charge is 0.390 e. The molecule has 4 nitrogen and oxygen atoms in total. The Labute approximate surface area is 104 Å². The molecule has 0 fully saturated rings. The summed E-state index contributed by atoms with van der Waals surface area (Å²) in [6, 6.07) is 0. The Morgan fingerprint density at radius 1 is 1.56 bits per heavy atom. The smallest absolute Gasteiger partial charge is 0.150 e. The topological polar surface area (TPSA) is 51.6 Å². The molecule has 0 bridgehead atoms. The fraction of sp³-hybridized carbons (Fsp3) is 0.700. The average molecular weight is 263 g/mol. The summed E-state index contributed by atoms with van der Waals surface area (Å²) in [5.74, 6) is 0.611. The first-order valence-electron chi connectivity index (χ1n) is 5.02. The molecule has 0 aliphatic heterocycles. The van der Waals surface area contributed by atoms with Gasteiger partial charge < -0.3 is 14.6 Å². The Hall–Kier alpha value is -0.140. The predicted molar refractivity (Wildman–Crippen MR) is 66.3 cm³/mol. The fourth-order valence-electron chi connectivity index (χ4n) is 0.976. The van der Waals surface area contributed by atoms with Crippen LogP contribution in [0.15, 0.2) is 9.72 Å². The summed E-state index contributed by atoms with van der Waals surface area (Å²) in [4.78, 5) is 4.30. The Morgan fingerprint density at radius 3 is 3.00 bits per heavy atom. The molecule has 0 saturated heterocycles. The zero-order valence-corrected chi connectivity index (χ0v) is 11.1. The second-order valence-electron chi connectivity index (χ2n) is 3.29. The Bertz CT molecular complexity index is 293. The van der Waals surface area contributed by atoms with Gasteiger partial charge in [-0.2, -0.15) is 0 Å². The van der Waals surface area contributed by atoms with Gasteiger partial charge in [-0.1, -0.05) is 11.8 Å². The van der Waals surface area contributed by atoms with Crippen LogP contribution in [0.2, 0.25) is 0 Å². The first-order chi connectivity index (χ1) is 7.72. The summed E-state index contributed by atoms with van der Waals surface area (Å²) in [5.41, 5.74) is 1.03. The number of thioether (sulfide) groups is 1. The molecule has 1 atom stereocenters. The van der Waals surface area contributed by atoms with Crippen LogP contribution < -0.4 is 0 Å². The molecule has 1 rings (SSSR count). The molecule has 1 aromatic heterocycles. The highest BCUT2D eigenvalue weighted by molar-refractivity contribution is 8.01. The third-order valence-electron chi connectivity index (χ3n) is 1.74. The second kappa shape index (κ2) is 8.03. The van der Waals surface area contributed by atoms with E-state index in [4.69, 9.17) is 9.47 Å². The van der Waals surface area contributed by atoms with E-state index in [-0.39, 0.29) is 0 Å². The number of aromatic nitrogens is 1. The Kier molecular flexibility index (Phi) is 6.98. The minimum atomic E-state index is -0.453. The van der Waals surface area contributed by atoms with E-state index >= 15 is 0 Å². The van der Waals surface area contributed by atoms with E-state index in [1.807, 2.05) is 12.3 Å². The molecule has 0 aromatic carbocycles. The summed E-state index contributed by atoms with van der Waals surface area (Å²) in [6.07, 6.45) is -0.453. The van der Waals surface area contributed by atoms with Crippen molar-refractivity contribution in [1.29, 1.82) is 0 Å². The van der Waals surface area contributed by atoms with Gasteiger partial charge in [0.15, 0.2) is 0 Å². The summed E-state index contributed by atoms with van der Waals surface area (Å²) in [7, 11) is 1.63. The predicted octanol–water partition coefficient (Wildman–Crippen LogP) is 1.57. The SMILES string of the molecule is COCCOCC(O)CSc1nc(C)cs1. The van der Waals surface area contributed by atoms with E-state index in [1.165, 1.54) is 0 Å². The molecule has 0 aliphatic carbocycles. The monoisotopic (exact) mass is 263 g/mol. The molecule has 0 amide bonds. The first-order valence-corrected chi connectivity index (χ1v) is 6.88. The van der Waals surface area contributed by atoms with Crippen LogP contribution in [0.25, 0.3) is 0 Å². The molecule has 1 aromatic rings. The second-order valence-corrected chi connectivity index (χ2v) is 5.41. The highest BCUT2D eigenvalue weighted by atomic mass is 32.2. The van der Waals surface area contributed by atoms with E-state index < -0.39 is 6.10 Å². The van der Waals surface area contributed by atoms with Crippen molar-refractivity contribution in [2.24, 2.45) is 0 Å². The van der Waals surface area contributed by atoms with E-state index in [9.17, 15) is 5.11 Å². The normalized spacial score (nSPS) is 12.9. The number of thiazole rings is 1. The van der Waals surface area contributed by atoms with Gasteiger partial charge in [0.1, 0.15) is 4.34 Å². The maximum Gasteiger partial charge on any atom is 0.150 e. The summed E-state index contributed by atoms with van der Waals surface area (Å²) in [6.45, 7) is 3.39. The van der Waals surface area contributed by atoms with Crippen LogP contribution in [0.3, 0.4) is 0 Å². The molecule has 92 valence electrons. The zero-order valence-electron chi connectivity index (χ0n) is 9.51. The number of hydrogen-bond acceptors (Lipinski definition) is 6. The number of aliphatic hydroxyl groups is 1. The highest BCUT2D eigenvalue weighted by Crippen LogP contribution is 2.22. The third-order valence-corrected chi connectivity index (χ3v) is 4.02. The molecule has 0 saturated carbocycles. The molecule has 0 aliphatic rings. The Balaban J connectivity index is 2.08. The molecular formula is C10H17NO3S2. The molecule has 0 radical (unpaired) electrons. The third kappa shape index (κ3) is 5.81. The summed E-state index contributed by atoms with van der Waals surface area (Å²) >= 11 is 3.16. The number of aryl methyl sites for hydroxylation is 1. The minimum absolute atomic E-state index is 0.348. The van der Waals surface area contributed by atoms with Crippen molar-refractivity contribution in [3.05, 3.63) is 11.1 Å². The number of hydrogen-bond donors (Lipinski definition) is 1. The van der Waals surface area contributed by atoms with Crippen LogP contribution in [0, 0.1) is 6.92 Å². The lowest BCUT2D eigenvalue weighted by molar-refractivity contribution is 0.0218. The van der Waals surface area contributed by atoms with Crippen LogP contribution in [0.5, 0.6) is 0 Å². The van der Waals surface area contributed by atoms with E-state index in [0.717, 1.165) is 10.0 Å². The van der Waals surface area contributed by atoms with E-state index in [0.29, 0.717) is 25.6 Å². The molecule has 1 heterocycles. The number of nitrogens with zero attached hydrogens (tertiary/aromatic N) is 1. The lowest BCUT2D eigenvalue weighted by atomic mass is 10.4. The van der Waals surface area contributed by atoms with Crippen LogP contribution in [0.1, 0.15) is 5.69 Å². The van der Waals surface area contributed by atoms with Gasteiger partial charge in [-0.25, -0.2) is 4.98 Å². The van der Waals surface area contributed by atoms with Gasteiger partial charge in [0, 0.05) is 23.9 Å². The van der Waals surface area contributed by atoms with Crippen molar-refractivity contribution in [2.45, 2.75) is 17.4 Å². The first kappa shape index (κ1) is 13.9. The average Bonchev–Trinajstić information content (AvgIpc) is 2.68. The maximum atomic E-state index is 9.61.